The van der Waals surface area contributed by atoms with Crippen LogP contribution in [0, 0.1) is 12.3 Å². The highest BCUT2D eigenvalue weighted by atomic mass is 19.1. The minimum absolute atomic E-state index is 0.0443. The number of hydrogen-bond donors (Lipinski definition) is 3. The quantitative estimate of drug-likeness (QED) is 0.613. The van der Waals surface area contributed by atoms with Crippen molar-refractivity contribution >= 4 is 5.91 Å². The lowest BCUT2D eigenvalue weighted by Gasteiger charge is -2.25. The molecule has 0 bridgehead atoms. The van der Waals surface area contributed by atoms with Gasteiger partial charge >= 0.3 is 0 Å². The number of amides is 1. The molecule has 4 N–H and O–H groups in total. The molecular formula is C12H14FN3O4. The van der Waals surface area contributed by atoms with E-state index in [-0.39, 0.29) is 11.4 Å². The van der Waals surface area contributed by atoms with Gasteiger partial charge in [-0.2, -0.15) is 0 Å². The molecule has 0 unspecified atom stereocenters. The zero-order valence-corrected chi connectivity index (χ0v) is 10.7. The number of carbonyl (C=O) groups excluding carboxylic acids is 1. The summed E-state index contributed by atoms with van der Waals surface area (Å²) in [5.41, 5.74) is 2.67. The fraction of sp³-hybridized carbons (Fsp3) is 0.500. The molecule has 1 aromatic rings. The van der Waals surface area contributed by atoms with Gasteiger partial charge in [-0.1, -0.05) is 0 Å². The van der Waals surface area contributed by atoms with Crippen molar-refractivity contribution in [2.24, 2.45) is 5.73 Å². The van der Waals surface area contributed by atoms with Gasteiger partial charge in [0.05, 0.1) is 12.9 Å². The molecule has 1 aliphatic rings. The van der Waals surface area contributed by atoms with Crippen molar-refractivity contribution in [3.8, 4) is 12.3 Å². The molecule has 1 aliphatic heterocycles. The average Bonchev–Trinajstić information content (AvgIpc) is 2.90. The molecule has 0 aromatic carbocycles. The Morgan fingerprint density at radius 2 is 2.45 bits per heavy atom. The third kappa shape index (κ3) is 1.96. The van der Waals surface area contributed by atoms with Gasteiger partial charge in [0.25, 0.3) is 5.91 Å². The molecule has 1 saturated heterocycles. The fourth-order valence-electron chi connectivity index (χ4n) is 2.23. The van der Waals surface area contributed by atoms with E-state index in [1.807, 2.05) is 0 Å². The van der Waals surface area contributed by atoms with Gasteiger partial charge in [-0.15, -0.1) is 6.42 Å². The summed E-state index contributed by atoms with van der Waals surface area (Å²) in [5.74, 6) is 1.34. The number of aromatic nitrogens is 2. The predicted octanol–water partition coefficient (Wildman–Crippen LogP) is -1.06. The third-order valence-electron chi connectivity index (χ3n) is 3.31. The maximum absolute atomic E-state index is 14.6. The predicted molar refractivity (Wildman–Crippen MR) is 65.2 cm³/mol. The highest BCUT2D eigenvalue weighted by Gasteiger charge is 2.55. The number of primary amides is 1. The van der Waals surface area contributed by atoms with Crippen LogP contribution in [0.1, 0.15) is 29.3 Å². The minimum atomic E-state index is -2.21. The van der Waals surface area contributed by atoms with Gasteiger partial charge in [0.1, 0.15) is 17.9 Å². The summed E-state index contributed by atoms with van der Waals surface area (Å²) in [6.45, 7) is 0.558. The normalized spacial score (nSPS) is 33.0. The number of aliphatic hydroxyl groups is 2. The highest BCUT2D eigenvalue weighted by molar-refractivity contribution is 5.93. The topological polar surface area (TPSA) is 111 Å². The summed E-state index contributed by atoms with van der Waals surface area (Å²) in [6.07, 6.45) is 2.44. The number of nitrogens with zero attached hydrogens (tertiary/aromatic N) is 2. The van der Waals surface area contributed by atoms with Crippen molar-refractivity contribution in [1.82, 2.24) is 9.55 Å². The summed E-state index contributed by atoms with van der Waals surface area (Å²) in [4.78, 5) is 14.9. The number of rotatable bonds is 3. The van der Waals surface area contributed by atoms with E-state index in [0.29, 0.717) is 0 Å². The second-order valence-corrected chi connectivity index (χ2v) is 4.66. The van der Waals surface area contributed by atoms with E-state index in [0.717, 1.165) is 17.8 Å². The van der Waals surface area contributed by atoms with Crippen LogP contribution in [0.4, 0.5) is 4.39 Å². The first-order valence-corrected chi connectivity index (χ1v) is 5.81. The first-order chi connectivity index (χ1) is 9.34. The van der Waals surface area contributed by atoms with Crippen LogP contribution in [0.25, 0.3) is 0 Å². The monoisotopic (exact) mass is 283 g/mol. The Hall–Kier alpha value is -1.95. The van der Waals surface area contributed by atoms with Crippen molar-refractivity contribution in [3.63, 3.8) is 0 Å². The van der Waals surface area contributed by atoms with Crippen LogP contribution in [0.3, 0.4) is 0 Å². The van der Waals surface area contributed by atoms with E-state index in [4.69, 9.17) is 22.0 Å². The Morgan fingerprint density at radius 3 is 2.90 bits per heavy atom. The van der Waals surface area contributed by atoms with Gasteiger partial charge in [0.15, 0.2) is 17.6 Å². The second kappa shape index (κ2) is 4.86. The van der Waals surface area contributed by atoms with Crippen LogP contribution in [0.15, 0.2) is 6.33 Å². The summed E-state index contributed by atoms with van der Waals surface area (Å²) in [7, 11) is 0. The number of nitrogens with two attached hydrogens (primary N) is 1. The van der Waals surface area contributed by atoms with Gasteiger partial charge in [-0.25, -0.2) is 9.37 Å². The van der Waals surface area contributed by atoms with Crippen molar-refractivity contribution in [2.75, 3.05) is 6.61 Å². The van der Waals surface area contributed by atoms with Gasteiger partial charge in [-0.05, 0) is 12.8 Å². The van der Waals surface area contributed by atoms with Crippen molar-refractivity contribution in [1.29, 1.82) is 0 Å². The van der Waals surface area contributed by atoms with Crippen molar-refractivity contribution in [3.05, 3.63) is 17.7 Å². The first-order valence-electron chi connectivity index (χ1n) is 5.81. The Kier molecular flexibility index (Phi) is 3.52. The Balaban J connectivity index is 2.48. The molecule has 0 saturated carbocycles. The third-order valence-corrected chi connectivity index (χ3v) is 3.31. The van der Waals surface area contributed by atoms with E-state index in [1.54, 1.807) is 0 Å². The van der Waals surface area contributed by atoms with Crippen LogP contribution in [-0.2, 0) is 4.74 Å². The maximum Gasteiger partial charge on any atom is 0.270 e. The van der Waals surface area contributed by atoms with Crippen LogP contribution in [0.2, 0.25) is 0 Å². The van der Waals surface area contributed by atoms with E-state index in [9.17, 15) is 14.3 Å². The lowest BCUT2D eigenvalue weighted by Crippen LogP contribution is -2.40. The van der Waals surface area contributed by atoms with Crippen LogP contribution < -0.4 is 5.73 Å². The molecule has 2 rings (SSSR count). The lowest BCUT2D eigenvalue weighted by molar-refractivity contribution is -0.0590. The highest BCUT2D eigenvalue weighted by Crippen LogP contribution is 2.41. The summed E-state index contributed by atoms with van der Waals surface area (Å²) < 4.78 is 21.0. The molecule has 7 nitrogen and oxygen atoms in total. The van der Waals surface area contributed by atoms with Crippen molar-refractivity contribution in [2.45, 2.75) is 31.0 Å². The van der Waals surface area contributed by atoms with Crippen LogP contribution >= 0.6 is 0 Å². The molecule has 2 heterocycles. The number of alkyl halides is 1. The molecule has 0 aliphatic carbocycles. The van der Waals surface area contributed by atoms with E-state index in [1.165, 1.54) is 0 Å². The number of aliphatic hydroxyl groups excluding tert-OH is 2. The molecule has 0 radical (unpaired) electrons. The molecule has 1 amide bonds. The first kappa shape index (κ1) is 14.5. The SMILES string of the molecule is C#Cc1c(C(N)=O)ncn1[C@@H]1O[C@H](CO)[C@@H](O)[C@]1(C)F. The molecule has 20 heavy (non-hydrogen) atoms. The molecule has 108 valence electrons. The Labute approximate surface area is 114 Å². The largest absolute Gasteiger partial charge is 0.394 e. The Morgan fingerprint density at radius 1 is 1.80 bits per heavy atom. The molecular weight excluding hydrogens is 269 g/mol. The van der Waals surface area contributed by atoms with Crippen LogP contribution in [0.5, 0.6) is 0 Å². The van der Waals surface area contributed by atoms with Crippen LogP contribution in [-0.4, -0.2) is 50.2 Å². The summed E-state index contributed by atoms with van der Waals surface area (Å²) in [5, 5.41) is 18.9. The van der Waals surface area contributed by atoms with Gasteiger partial charge in [-0.3, -0.25) is 9.36 Å². The van der Waals surface area contributed by atoms with Gasteiger partial charge in [0.2, 0.25) is 0 Å². The standard InChI is InChI=1S/C12H14FN3O4/c1-3-6-8(10(14)19)15-5-16(6)11-12(2,13)9(18)7(4-17)20-11/h1,5,7,9,11,17-18H,4H2,2H3,(H2,14,19)/t7-,9-,11-,12+/m1/s1. The number of halogens is 1. The summed E-state index contributed by atoms with van der Waals surface area (Å²) >= 11 is 0. The zero-order chi connectivity index (χ0) is 15.1. The van der Waals surface area contributed by atoms with Gasteiger partial charge in [0, 0.05) is 0 Å². The average molecular weight is 283 g/mol. The lowest BCUT2D eigenvalue weighted by atomic mass is 9.98. The number of hydrogen-bond acceptors (Lipinski definition) is 5. The zero-order valence-electron chi connectivity index (χ0n) is 10.7. The molecule has 0 spiro atoms. The van der Waals surface area contributed by atoms with E-state index >= 15 is 0 Å². The number of carbonyl (C=O) groups is 1. The number of ether oxygens (including phenoxy) is 1. The second-order valence-electron chi connectivity index (χ2n) is 4.66. The smallest absolute Gasteiger partial charge is 0.270 e. The molecule has 8 heteroatoms. The number of terminal acetylenes is 1. The maximum atomic E-state index is 14.6. The minimum Gasteiger partial charge on any atom is -0.394 e. The van der Waals surface area contributed by atoms with Crippen molar-refractivity contribution < 1.29 is 24.1 Å². The fourth-order valence-corrected chi connectivity index (χ4v) is 2.23. The van der Waals surface area contributed by atoms with E-state index < -0.39 is 36.6 Å². The summed E-state index contributed by atoms with van der Waals surface area (Å²) in [6, 6.07) is 0. The van der Waals surface area contributed by atoms with Gasteiger partial charge < -0.3 is 20.7 Å². The van der Waals surface area contributed by atoms with E-state index in [2.05, 4.69) is 10.9 Å². The molecule has 1 fully saturated rings. The Bertz CT molecular complexity index is 578. The molecule has 4 atom stereocenters. The molecule has 1 aromatic heterocycles. The number of imidazole rings is 1.